The molecular formula is C107H78Br3NO7P4. The van der Waals surface area contributed by atoms with E-state index in [0.29, 0.717) is 65.2 Å². The Labute approximate surface area is 735 Å². The molecule has 0 amide bonds. The Hall–Kier alpha value is -11.6. The van der Waals surface area contributed by atoms with Crippen LogP contribution in [0, 0.1) is 0 Å². The molecule has 5 heterocycles. The normalized spacial score (nSPS) is 14.8. The molecule has 17 aromatic rings. The second kappa shape index (κ2) is 33.0. The topological polar surface area (TPSA) is 123 Å². The molecule has 0 N–H and O–H groups in total. The summed E-state index contributed by atoms with van der Waals surface area (Å²) in [5.74, 6) is -0.178. The lowest BCUT2D eigenvalue weighted by molar-refractivity contribution is 0.103. The van der Waals surface area contributed by atoms with E-state index in [2.05, 4.69) is 226 Å². The number of hydrogen-bond donors (Lipinski definition) is 0. The summed E-state index contributed by atoms with van der Waals surface area (Å²) in [5, 5.41) is 11.2. The van der Waals surface area contributed by atoms with Gasteiger partial charge in [0.1, 0.15) is 0 Å². The van der Waals surface area contributed by atoms with Gasteiger partial charge in [0.15, 0.2) is 44.2 Å². The van der Waals surface area contributed by atoms with E-state index in [0.717, 1.165) is 73.8 Å². The van der Waals surface area contributed by atoms with Crippen LogP contribution >= 0.6 is 76.7 Å². The zero-order chi connectivity index (χ0) is 84.4. The first kappa shape index (κ1) is 81.4. The SMILES string of the molecule is CC1(C)c2ccccc2Cc2ccccc21.CC1(C)c2ccccc2N(c2ccc(P3(=O)c4ccccc4C(=O)c4ccccc43)cc2)c2ccccc21.O=C1c2ccccc2P(=O)(c2ccc(Br)cc2)c2ccccc21.O=C1c2ccccc2P(=O)(c2ccc(Br)cc2)c2ccccc21.O=c1c2ccccc2p(-c2ccc(Br)cc2)c2ccccc12. The van der Waals surface area contributed by atoms with E-state index < -0.39 is 29.0 Å². The maximum absolute atomic E-state index is 15.0. The van der Waals surface area contributed by atoms with E-state index in [9.17, 15) is 28.3 Å². The molecule has 4 aliphatic heterocycles. The number of fused-ring (bicyclic) bond motifs is 12. The Balaban J connectivity index is 0.000000107. The molecule has 8 nitrogen and oxygen atoms in total. The fourth-order valence-corrected chi connectivity index (χ4v) is 30.5. The molecule has 15 heteroatoms. The monoisotopic (exact) mass is 1850 g/mol. The van der Waals surface area contributed by atoms with E-state index in [1.807, 2.05) is 206 Å². The highest BCUT2D eigenvalue weighted by atomic mass is 79.9. The molecule has 594 valence electrons. The lowest BCUT2D eigenvalue weighted by Gasteiger charge is -2.42. The van der Waals surface area contributed by atoms with Crippen molar-refractivity contribution in [3.8, 4) is 5.30 Å². The highest BCUT2D eigenvalue weighted by molar-refractivity contribution is 9.11. The molecule has 1 aliphatic carbocycles. The molecule has 0 saturated heterocycles. The summed E-state index contributed by atoms with van der Waals surface area (Å²) in [6.07, 6.45) is 1.08. The zero-order valence-electron chi connectivity index (χ0n) is 66.9. The van der Waals surface area contributed by atoms with Crippen LogP contribution in [0.1, 0.15) is 109 Å². The van der Waals surface area contributed by atoms with Crippen molar-refractivity contribution in [3.63, 3.8) is 0 Å². The van der Waals surface area contributed by atoms with E-state index in [1.165, 1.54) is 38.7 Å². The smallest absolute Gasteiger partial charge is 0.194 e. The van der Waals surface area contributed by atoms with Crippen LogP contribution in [0.3, 0.4) is 0 Å². The van der Waals surface area contributed by atoms with E-state index in [1.54, 1.807) is 36.4 Å². The number of nitrogens with zero attached hydrogens (tertiary/aromatic N) is 1. The molecule has 0 radical (unpaired) electrons. The van der Waals surface area contributed by atoms with Gasteiger partial charge in [-0.2, -0.15) is 0 Å². The molecule has 0 saturated carbocycles. The van der Waals surface area contributed by atoms with Gasteiger partial charge in [-0.25, -0.2) is 0 Å². The second-order valence-corrected chi connectivity index (χ2v) is 44.7. The molecule has 0 fully saturated rings. The van der Waals surface area contributed by atoms with Gasteiger partial charge in [0.05, 0.1) is 11.4 Å². The number of carbonyl (C=O) groups excluding carboxylic acids is 3. The van der Waals surface area contributed by atoms with Crippen molar-refractivity contribution in [1.82, 2.24) is 0 Å². The maximum Gasteiger partial charge on any atom is 0.194 e. The number of para-hydroxylation sites is 2. The van der Waals surface area contributed by atoms with E-state index in [-0.39, 0.29) is 33.6 Å². The summed E-state index contributed by atoms with van der Waals surface area (Å²) in [4.78, 5) is 53.8. The van der Waals surface area contributed by atoms with Crippen molar-refractivity contribution in [2.24, 2.45) is 0 Å². The van der Waals surface area contributed by atoms with E-state index >= 15 is 4.57 Å². The third-order valence-corrected chi connectivity index (χ3v) is 37.7. The third-order valence-electron chi connectivity index (χ3n) is 24.0. The number of halogens is 3. The molecule has 122 heavy (non-hydrogen) atoms. The predicted molar refractivity (Wildman–Crippen MR) is 517 cm³/mol. The van der Waals surface area contributed by atoms with Gasteiger partial charge >= 0.3 is 0 Å². The minimum absolute atomic E-state index is 0.0558. The molecule has 0 spiro atoms. The van der Waals surface area contributed by atoms with Crippen LogP contribution in [0.15, 0.2) is 406 Å². The predicted octanol–water partition coefficient (Wildman–Crippen LogP) is 24.3. The average Bonchev–Trinajstić information content (AvgIpc) is 0.725. The maximum atomic E-state index is 15.0. The Bertz CT molecular complexity index is 6820. The fraction of sp³-hybridized carbons (Fsp3) is 0.0654. The van der Waals surface area contributed by atoms with Gasteiger partial charge in [-0.1, -0.05) is 350 Å². The Kier molecular flexibility index (Phi) is 22.0. The molecule has 0 bridgehead atoms. The van der Waals surface area contributed by atoms with Crippen molar-refractivity contribution in [2.45, 2.75) is 44.9 Å². The Morgan fingerprint density at radius 1 is 0.279 bits per heavy atom. The van der Waals surface area contributed by atoms with Crippen molar-refractivity contribution >= 4 is 180 Å². The van der Waals surface area contributed by atoms with Crippen molar-refractivity contribution in [3.05, 3.63) is 479 Å². The molecular weight excluding hydrogens is 1770 g/mol. The number of anilines is 3. The Morgan fingerprint density at radius 2 is 0.533 bits per heavy atom. The molecule has 1 aromatic heterocycles. The number of carbonyl (C=O) groups is 3. The summed E-state index contributed by atoms with van der Waals surface area (Å²) >= 11 is 10.3. The lowest BCUT2D eigenvalue weighted by atomic mass is 9.69. The zero-order valence-corrected chi connectivity index (χ0v) is 75.2. The standard InChI is InChI=1S/C34H26NO2P.2C19H12BrO2P.C19H12BrOP.C16H16/c1-34(2)27-13-5-7-15-29(27)35(30-16-8-6-14-28(30)34)23-19-21-24(22-20-23)38(37)31-17-9-3-11-25(31)33(36)26-12-4-10-18-32(26)38;2*20-13-9-11-14(12-10-13)23(22)17-7-3-1-5-15(17)19(21)16-6-2-4-8-18(16)23;20-13-9-11-14(12-10-13)22-17-7-3-1-5-15(17)19(21)16-6-2-4-8-18(16)22;1-16(2)14-9-5-3-7-12(14)11-13-8-4-6-10-15(13)16/h3-22H,1-2H3;2*1-12H;1-12H;3-10H,11H2,1-2H3. The van der Waals surface area contributed by atoms with Gasteiger partial charge in [0, 0.05) is 132 Å². The number of hydrogen-bond acceptors (Lipinski definition) is 8. The summed E-state index contributed by atoms with van der Waals surface area (Å²) in [6.45, 7) is 9.19. The van der Waals surface area contributed by atoms with Crippen molar-refractivity contribution in [2.75, 3.05) is 4.90 Å². The van der Waals surface area contributed by atoms with Crippen LogP contribution in [-0.4, -0.2) is 17.3 Å². The minimum atomic E-state index is -3.24. The van der Waals surface area contributed by atoms with Gasteiger partial charge in [-0.3, -0.25) is 19.2 Å². The van der Waals surface area contributed by atoms with E-state index in [4.69, 9.17) is 0 Å². The number of rotatable bonds is 5. The third kappa shape index (κ3) is 14.1. The first-order chi connectivity index (χ1) is 59.1. The quantitative estimate of drug-likeness (QED) is 0.123. The molecule has 16 aromatic carbocycles. The average molecular weight is 1850 g/mol. The van der Waals surface area contributed by atoms with Crippen LogP contribution in [0.25, 0.3) is 26.3 Å². The van der Waals surface area contributed by atoms with Crippen molar-refractivity contribution < 1.29 is 28.1 Å². The van der Waals surface area contributed by atoms with Gasteiger partial charge in [0.25, 0.3) is 0 Å². The fourth-order valence-electron chi connectivity index (χ4n) is 18.1. The second-order valence-electron chi connectivity index (χ2n) is 31.7. The number of ketones is 3. The summed E-state index contributed by atoms with van der Waals surface area (Å²) in [6, 6.07) is 126. The Morgan fingerprint density at radius 3 is 0.869 bits per heavy atom. The first-order valence-corrected chi connectivity index (χ1v) is 49.0. The number of benzene rings is 16. The molecule has 5 aliphatic rings. The highest BCUT2D eigenvalue weighted by Gasteiger charge is 2.45. The van der Waals surface area contributed by atoms with Crippen LogP contribution < -0.4 is 58.1 Å². The van der Waals surface area contributed by atoms with Gasteiger partial charge in [-0.05, 0) is 166 Å². The minimum Gasteiger partial charge on any atom is -0.310 e. The van der Waals surface area contributed by atoms with Crippen LogP contribution in [0.4, 0.5) is 17.1 Å². The van der Waals surface area contributed by atoms with Gasteiger partial charge in [0.2, 0.25) is 0 Å². The van der Waals surface area contributed by atoms with Gasteiger partial charge < -0.3 is 18.6 Å². The van der Waals surface area contributed by atoms with Crippen LogP contribution in [0.5, 0.6) is 0 Å². The lowest BCUT2D eigenvalue weighted by Crippen LogP contribution is -2.37. The van der Waals surface area contributed by atoms with Crippen LogP contribution in [-0.2, 0) is 30.9 Å². The van der Waals surface area contributed by atoms with Crippen molar-refractivity contribution in [1.29, 1.82) is 0 Å². The molecule has 0 atom stereocenters. The van der Waals surface area contributed by atoms with Gasteiger partial charge in [-0.15, -0.1) is 0 Å². The molecule has 0 unspecified atom stereocenters. The summed E-state index contributed by atoms with van der Waals surface area (Å²) < 4.78 is 46.3. The molecule has 22 rings (SSSR count). The summed E-state index contributed by atoms with van der Waals surface area (Å²) in [5.41, 5.74) is 15.1. The van der Waals surface area contributed by atoms with Crippen LogP contribution in [0.2, 0.25) is 0 Å². The summed E-state index contributed by atoms with van der Waals surface area (Å²) in [7, 11) is -10.0. The first-order valence-electron chi connectivity index (χ1n) is 40.2. The highest BCUT2D eigenvalue weighted by Crippen LogP contribution is 2.56. The largest absolute Gasteiger partial charge is 0.310 e.